The highest BCUT2D eigenvalue weighted by atomic mass is 32.1. The van der Waals surface area contributed by atoms with E-state index in [1.807, 2.05) is 11.6 Å². The molecule has 0 spiro atoms. The van der Waals surface area contributed by atoms with Crippen LogP contribution >= 0.6 is 11.3 Å². The van der Waals surface area contributed by atoms with E-state index in [1.165, 1.54) is 6.42 Å². The van der Waals surface area contributed by atoms with Crippen molar-refractivity contribution in [3.63, 3.8) is 0 Å². The van der Waals surface area contributed by atoms with Crippen LogP contribution in [-0.4, -0.2) is 23.7 Å². The van der Waals surface area contributed by atoms with Crippen LogP contribution in [0.1, 0.15) is 44.2 Å². The monoisotopic (exact) mass is 240 g/mol. The molecule has 1 aromatic heterocycles. The maximum Gasteiger partial charge on any atom is 0.112 e. The van der Waals surface area contributed by atoms with Gasteiger partial charge in [0.2, 0.25) is 0 Å². The maximum absolute atomic E-state index is 5.95. The van der Waals surface area contributed by atoms with Crippen molar-refractivity contribution in [3.05, 3.63) is 16.6 Å². The molecule has 4 heteroatoms. The molecule has 0 amide bonds. The molecule has 1 N–H and O–H groups in total. The standard InChI is InChI=1S/C12H20N2OS/c1-3-6-13-11(12-14-7-8-16-12)10-5-4-9(2)15-10/h7-11,13H,3-6H2,1-2H3. The average molecular weight is 240 g/mol. The number of aromatic nitrogens is 1. The van der Waals surface area contributed by atoms with Crippen LogP contribution in [0.5, 0.6) is 0 Å². The quantitative estimate of drug-likeness (QED) is 0.859. The number of nitrogens with one attached hydrogen (secondary N) is 1. The fourth-order valence-electron chi connectivity index (χ4n) is 2.14. The second-order valence-electron chi connectivity index (χ2n) is 4.36. The van der Waals surface area contributed by atoms with Crippen LogP contribution < -0.4 is 5.32 Å². The van der Waals surface area contributed by atoms with Crippen molar-refractivity contribution in [2.24, 2.45) is 0 Å². The smallest absolute Gasteiger partial charge is 0.112 e. The van der Waals surface area contributed by atoms with Gasteiger partial charge in [-0.05, 0) is 32.7 Å². The third-order valence-corrected chi connectivity index (χ3v) is 3.83. The molecule has 0 bridgehead atoms. The van der Waals surface area contributed by atoms with Crippen LogP contribution in [0.25, 0.3) is 0 Å². The van der Waals surface area contributed by atoms with E-state index in [2.05, 4.69) is 24.1 Å². The van der Waals surface area contributed by atoms with Crippen LogP contribution in [-0.2, 0) is 4.74 Å². The summed E-state index contributed by atoms with van der Waals surface area (Å²) in [7, 11) is 0. The van der Waals surface area contributed by atoms with Crippen molar-refractivity contribution in [2.75, 3.05) is 6.54 Å². The molecule has 1 fully saturated rings. The number of rotatable bonds is 5. The van der Waals surface area contributed by atoms with E-state index in [0.717, 1.165) is 24.4 Å². The third kappa shape index (κ3) is 2.81. The Labute approximate surface area is 101 Å². The number of hydrogen-bond donors (Lipinski definition) is 1. The van der Waals surface area contributed by atoms with Crippen molar-refractivity contribution < 1.29 is 4.74 Å². The van der Waals surface area contributed by atoms with Crippen LogP contribution in [0.4, 0.5) is 0 Å². The zero-order valence-electron chi connectivity index (χ0n) is 9.98. The summed E-state index contributed by atoms with van der Waals surface area (Å²) in [5, 5.41) is 6.75. The van der Waals surface area contributed by atoms with E-state index in [0.29, 0.717) is 12.2 Å². The summed E-state index contributed by atoms with van der Waals surface area (Å²) < 4.78 is 5.95. The van der Waals surface area contributed by atoms with Gasteiger partial charge in [-0.25, -0.2) is 4.98 Å². The van der Waals surface area contributed by atoms with Crippen LogP contribution in [0, 0.1) is 0 Å². The highest BCUT2D eigenvalue weighted by Gasteiger charge is 2.31. The Morgan fingerprint density at radius 1 is 1.62 bits per heavy atom. The Bertz CT molecular complexity index is 302. The Hall–Kier alpha value is -0.450. The van der Waals surface area contributed by atoms with Gasteiger partial charge in [0, 0.05) is 11.6 Å². The lowest BCUT2D eigenvalue weighted by Crippen LogP contribution is -2.32. The van der Waals surface area contributed by atoms with E-state index in [4.69, 9.17) is 4.74 Å². The molecule has 1 aliphatic heterocycles. The average Bonchev–Trinajstić information content (AvgIpc) is 2.91. The molecule has 3 nitrogen and oxygen atoms in total. The van der Waals surface area contributed by atoms with Gasteiger partial charge in [0.25, 0.3) is 0 Å². The molecular weight excluding hydrogens is 220 g/mol. The molecule has 1 aliphatic rings. The number of hydrogen-bond acceptors (Lipinski definition) is 4. The Morgan fingerprint density at radius 2 is 2.50 bits per heavy atom. The van der Waals surface area contributed by atoms with Gasteiger partial charge in [-0.2, -0.15) is 0 Å². The van der Waals surface area contributed by atoms with Crippen molar-refractivity contribution in [1.82, 2.24) is 10.3 Å². The summed E-state index contributed by atoms with van der Waals surface area (Å²) >= 11 is 1.72. The molecule has 0 aliphatic carbocycles. The number of nitrogens with zero attached hydrogens (tertiary/aromatic N) is 1. The molecule has 0 saturated carbocycles. The second kappa shape index (κ2) is 5.75. The van der Waals surface area contributed by atoms with Gasteiger partial charge in [0.1, 0.15) is 5.01 Å². The van der Waals surface area contributed by atoms with E-state index in [-0.39, 0.29) is 6.04 Å². The molecule has 2 heterocycles. The summed E-state index contributed by atoms with van der Waals surface area (Å²) in [5.74, 6) is 0. The van der Waals surface area contributed by atoms with E-state index < -0.39 is 0 Å². The van der Waals surface area contributed by atoms with Gasteiger partial charge < -0.3 is 10.1 Å². The first kappa shape index (κ1) is 12.0. The fraction of sp³-hybridized carbons (Fsp3) is 0.750. The Kier molecular flexibility index (Phi) is 4.32. The highest BCUT2D eigenvalue weighted by molar-refractivity contribution is 7.09. The third-order valence-electron chi connectivity index (χ3n) is 2.97. The van der Waals surface area contributed by atoms with Gasteiger partial charge in [0.15, 0.2) is 0 Å². The zero-order chi connectivity index (χ0) is 11.4. The van der Waals surface area contributed by atoms with Crippen LogP contribution in [0.15, 0.2) is 11.6 Å². The summed E-state index contributed by atoms with van der Waals surface area (Å²) in [5.41, 5.74) is 0. The van der Waals surface area contributed by atoms with Crippen molar-refractivity contribution >= 4 is 11.3 Å². The van der Waals surface area contributed by atoms with Crippen LogP contribution in [0.2, 0.25) is 0 Å². The zero-order valence-corrected chi connectivity index (χ0v) is 10.8. The molecule has 3 atom stereocenters. The molecule has 1 saturated heterocycles. The minimum atomic E-state index is 0.282. The van der Waals surface area contributed by atoms with Crippen molar-refractivity contribution in [1.29, 1.82) is 0 Å². The summed E-state index contributed by atoms with van der Waals surface area (Å²) in [6.07, 6.45) is 6.02. The first-order valence-corrected chi connectivity index (χ1v) is 6.97. The molecule has 0 aromatic carbocycles. The van der Waals surface area contributed by atoms with Gasteiger partial charge >= 0.3 is 0 Å². The lowest BCUT2D eigenvalue weighted by atomic mass is 10.1. The Balaban J connectivity index is 2.02. The molecule has 16 heavy (non-hydrogen) atoms. The summed E-state index contributed by atoms with van der Waals surface area (Å²) in [6.45, 7) is 5.36. The molecule has 90 valence electrons. The minimum absolute atomic E-state index is 0.282. The fourth-order valence-corrected chi connectivity index (χ4v) is 2.91. The van der Waals surface area contributed by atoms with Gasteiger partial charge in [-0.15, -0.1) is 11.3 Å². The first-order chi connectivity index (χ1) is 7.81. The van der Waals surface area contributed by atoms with E-state index in [1.54, 1.807) is 11.3 Å². The highest BCUT2D eigenvalue weighted by Crippen LogP contribution is 2.30. The van der Waals surface area contributed by atoms with Gasteiger partial charge in [-0.1, -0.05) is 6.92 Å². The predicted molar refractivity (Wildman–Crippen MR) is 66.7 cm³/mol. The topological polar surface area (TPSA) is 34.2 Å². The maximum atomic E-state index is 5.95. The Morgan fingerprint density at radius 3 is 3.06 bits per heavy atom. The molecule has 3 unspecified atom stereocenters. The van der Waals surface area contributed by atoms with Crippen molar-refractivity contribution in [2.45, 2.75) is 51.4 Å². The summed E-state index contributed by atoms with van der Waals surface area (Å²) in [6, 6.07) is 0.282. The van der Waals surface area contributed by atoms with E-state index in [9.17, 15) is 0 Å². The molecular formula is C12H20N2OS. The van der Waals surface area contributed by atoms with Crippen molar-refractivity contribution in [3.8, 4) is 0 Å². The normalized spacial score (nSPS) is 27.1. The molecule has 0 radical (unpaired) electrons. The summed E-state index contributed by atoms with van der Waals surface area (Å²) in [4.78, 5) is 4.42. The largest absolute Gasteiger partial charge is 0.373 e. The van der Waals surface area contributed by atoms with Gasteiger partial charge in [0.05, 0.1) is 18.2 Å². The minimum Gasteiger partial charge on any atom is -0.373 e. The lowest BCUT2D eigenvalue weighted by Gasteiger charge is -2.22. The molecule has 2 rings (SSSR count). The van der Waals surface area contributed by atoms with Gasteiger partial charge in [-0.3, -0.25) is 0 Å². The molecule has 1 aromatic rings. The number of thiazole rings is 1. The van der Waals surface area contributed by atoms with E-state index >= 15 is 0 Å². The second-order valence-corrected chi connectivity index (χ2v) is 5.29. The SMILES string of the molecule is CCCNC(c1nccs1)C1CCC(C)O1. The first-order valence-electron chi connectivity index (χ1n) is 6.09. The lowest BCUT2D eigenvalue weighted by molar-refractivity contribution is 0.0316. The predicted octanol–water partition coefficient (Wildman–Crippen LogP) is 2.75. The van der Waals surface area contributed by atoms with Crippen LogP contribution in [0.3, 0.4) is 0 Å². The number of ether oxygens (including phenoxy) is 1.